The van der Waals surface area contributed by atoms with Gasteiger partial charge in [0.1, 0.15) is 13.2 Å². The largest absolute Gasteiger partial charge is 0.482 e. The van der Waals surface area contributed by atoms with E-state index in [2.05, 4.69) is 0 Å². The van der Waals surface area contributed by atoms with E-state index in [-0.39, 0.29) is 30.2 Å². The molecule has 0 aliphatic carbocycles. The van der Waals surface area contributed by atoms with E-state index < -0.39 is 10.9 Å². The summed E-state index contributed by atoms with van der Waals surface area (Å²) in [6, 6.07) is 13.2. The van der Waals surface area contributed by atoms with Crippen molar-refractivity contribution in [2.45, 2.75) is 6.61 Å². The van der Waals surface area contributed by atoms with E-state index in [0.717, 1.165) is 5.56 Å². The van der Waals surface area contributed by atoms with Crippen LogP contribution in [0.1, 0.15) is 15.9 Å². The number of benzene rings is 2. The second kappa shape index (κ2) is 8.79. The minimum Gasteiger partial charge on any atom is -0.482 e. The molecule has 0 aliphatic heterocycles. The van der Waals surface area contributed by atoms with E-state index in [1.54, 1.807) is 0 Å². The second-order valence-corrected chi connectivity index (χ2v) is 5.65. The number of carbonyl (C=O) groups is 1. The lowest BCUT2D eigenvalue weighted by molar-refractivity contribution is -0.385. The summed E-state index contributed by atoms with van der Waals surface area (Å²) in [4.78, 5) is 24.6. The van der Waals surface area contributed by atoms with Gasteiger partial charge in [0.05, 0.1) is 10.5 Å². The molecule has 0 saturated heterocycles. The molecule has 0 radical (unpaired) electrons. The third kappa shape index (κ3) is 5.58. The number of hydrogen-bond donors (Lipinski definition) is 0. The number of likely N-dealkylation sites (N-methyl/N-ethyl adjacent to an activating group) is 1. The highest BCUT2D eigenvalue weighted by molar-refractivity contribution is 5.90. The van der Waals surface area contributed by atoms with Gasteiger partial charge < -0.3 is 14.4 Å². The Morgan fingerprint density at radius 1 is 1.16 bits per heavy atom. The Kier molecular flexibility index (Phi) is 6.47. The average Bonchev–Trinajstić information content (AvgIpc) is 2.60. The van der Waals surface area contributed by atoms with Crippen molar-refractivity contribution in [3.05, 3.63) is 69.8 Å². The number of nitro groups is 1. The monoisotopic (exact) mass is 344 g/mol. The normalized spacial score (nSPS) is 10.5. The summed E-state index contributed by atoms with van der Waals surface area (Å²) in [5, 5.41) is 11.2. The van der Waals surface area contributed by atoms with Crippen LogP contribution in [0.25, 0.3) is 0 Å². The van der Waals surface area contributed by atoms with Crippen molar-refractivity contribution in [2.75, 3.05) is 27.2 Å². The maximum atomic E-state index is 12.1. The zero-order valence-corrected chi connectivity index (χ0v) is 14.2. The highest BCUT2D eigenvalue weighted by Gasteiger charge is 2.19. The molecule has 0 atom stereocenters. The van der Waals surface area contributed by atoms with Crippen molar-refractivity contribution in [3.63, 3.8) is 0 Å². The Labute approximate surface area is 145 Å². The number of carbonyl (C=O) groups excluding carboxylic acids is 1. The standard InChI is InChI=1S/C18H20N2O5/c1-19(2)10-11-24-18(21)15-8-9-16(20(22)23)17(12-15)25-13-14-6-4-3-5-7-14/h3-9,12H,10-11,13H2,1-2H3. The van der Waals surface area contributed by atoms with Gasteiger partial charge in [0.15, 0.2) is 5.75 Å². The van der Waals surface area contributed by atoms with E-state index in [1.165, 1.54) is 18.2 Å². The van der Waals surface area contributed by atoms with Crippen LogP contribution in [0.3, 0.4) is 0 Å². The number of esters is 1. The summed E-state index contributed by atoms with van der Waals surface area (Å²) in [6.45, 7) is 1.000. The maximum absolute atomic E-state index is 12.1. The van der Waals surface area contributed by atoms with Gasteiger partial charge in [0.25, 0.3) is 0 Å². The van der Waals surface area contributed by atoms with Gasteiger partial charge in [-0.2, -0.15) is 0 Å². The molecule has 0 spiro atoms. The molecule has 0 aromatic heterocycles. The van der Waals surface area contributed by atoms with Crippen LogP contribution in [0.4, 0.5) is 5.69 Å². The molecule has 2 aromatic carbocycles. The topological polar surface area (TPSA) is 81.9 Å². The average molecular weight is 344 g/mol. The van der Waals surface area contributed by atoms with Gasteiger partial charge in [-0.15, -0.1) is 0 Å². The van der Waals surface area contributed by atoms with Crippen molar-refractivity contribution in [1.29, 1.82) is 0 Å². The molecule has 0 aliphatic rings. The fourth-order valence-corrected chi connectivity index (χ4v) is 2.05. The van der Waals surface area contributed by atoms with Crippen LogP contribution in [-0.4, -0.2) is 43.0 Å². The third-order valence-electron chi connectivity index (χ3n) is 3.40. The Bertz CT molecular complexity index is 732. The number of ether oxygens (including phenoxy) is 2. The summed E-state index contributed by atoms with van der Waals surface area (Å²) in [5.41, 5.74) is 0.893. The first-order valence-corrected chi connectivity index (χ1v) is 7.74. The van der Waals surface area contributed by atoms with Gasteiger partial charge in [0.2, 0.25) is 0 Å². The Balaban J connectivity index is 2.12. The van der Waals surface area contributed by atoms with E-state index >= 15 is 0 Å². The van der Waals surface area contributed by atoms with Crippen molar-refractivity contribution >= 4 is 11.7 Å². The number of rotatable bonds is 8. The fraction of sp³-hybridized carbons (Fsp3) is 0.278. The predicted molar refractivity (Wildman–Crippen MR) is 92.7 cm³/mol. The van der Waals surface area contributed by atoms with Gasteiger partial charge >= 0.3 is 11.7 Å². The molecule has 0 unspecified atom stereocenters. The molecule has 0 N–H and O–H groups in total. The molecule has 7 heteroatoms. The molecule has 0 amide bonds. The number of hydrogen-bond acceptors (Lipinski definition) is 6. The summed E-state index contributed by atoms with van der Waals surface area (Å²) in [7, 11) is 3.74. The van der Waals surface area contributed by atoms with E-state index in [9.17, 15) is 14.9 Å². The van der Waals surface area contributed by atoms with Crippen LogP contribution in [0.2, 0.25) is 0 Å². The molecule has 25 heavy (non-hydrogen) atoms. The van der Waals surface area contributed by atoms with Gasteiger partial charge in [-0.1, -0.05) is 30.3 Å². The van der Waals surface area contributed by atoms with Crippen LogP contribution < -0.4 is 4.74 Å². The first kappa shape index (κ1) is 18.4. The molecular weight excluding hydrogens is 324 g/mol. The smallest absolute Gasteiger partial charge is 0.338 e. The maximum Gasteiger partial charge on any atom is 0.338 e. The first-order valence-electron chi connectivity index (χ1n) is 7.74. The SMILES string of the molecule is CN(C)CCOC(=O)c1ccc([N+](=O)[O-])c(OCc2ccccc2)c1. The highest BCUT2D eigenvalue weighted by Crippen LogP contribution is 2.29. The molecule has 132 valence electrons. The summed E-state index contributed by atoms with van der Waals surface area (Å²) >= 11 is 0. The van der Waals surface area contributed by atoms with Gasteiger partial charge in [-0.25, -0.2) is 4.79 Å². The van der Waals surface area contributed by atoms with E-state index in [0.29, 0.717) is 6.54 Å². The first-order chi connectivity index (χ1) is 12.0. The van der Waals surface area contributed by atoms with E-state index in [4.69, 9.17) is 9.47 Å². The van der Waals surface area contributed by atoms with Gasteiger partial charge in [0, 0.05) is 18.7 Å². The van der Waals surface area contributed by atoms with Gasteiger partial charge in [-0.05, 0) is 25.7 Å². The number of nitro benzene ring substituents is 1. The van der Waals surface area contributed by atoms with Crippen LogP contribution in [0.5, 0.6) is 5.75 Å². The summed E-state index contributed by atoms with van der Waals surface area (Å²) < 4.78 is 10.7. The Morgan fingerprint density at radius 2 is 1.88 bits per heavy atom. The van der Waals surface area contributed by atoms with Crippen molar-refractivity contribution in [2.24, 2.45) is 0 Å². The molecule has 0 fully saturated rings. The quantitative estimate of drug-likeness (QED) is 0.416. The van der Waals surface area contributed by atoms with Crippen molar-refractivity contribution < 1.29 is 19.2 Å². The lowest BCUT2D eigenvalue weighted by atomic mass is 10.2. The zero-order chi connectivity index (χ0) is 18.2. The fourth-order valence-electron chi connectivity index (χ4n) is 2.05. The van der Waals surface area contributed by atoms with Crippen molar-refractivity contribution in [1.82, 2.24) is 4.90 Å². The molecule has 7 nitrogen and oxygen atoms in total. The lowest BCUT2D eigenvalue weighted by Gasteiger charge is -2.11. The van der Waals surface area contributed by atoms with E-state index in [1.807, 2.05) is 49.3 Å². The highest BCUT2D eigenvalue weighted by atomic mass is 16.6. The molecule has 2 rings (SSSR count). The number of nitrogens with zero attached hydrogens (tertiary/aromatic N) is 2. The van der Waals surface area contributed by atoms with Crippen LogP contribution in [0, 0.1) is 10.1 Å². The zero-order valence-electron chi connectivity index (χ0n) is 14.2. The molecule has 0 heterocycles. The predicted octanol–water partition coefficient (Wildman–Crippen LogP) is 2.89. The van der Waals surface area contributed by atoms with Gasteiger partial charge in [-0.3, -0.25) is 10.1 Å². The molecule has 0 bridgehead atoms. The summed E-state index contributed by atoms with van der Waals surface area (Å²) in [6.07, 6.45) is 0. The second-order valence-electron chi connectivity index (χ2n) is 5.65. The molecular formula is C18H20N2O5. The minimum absolute atomic E-state index is 0.0379. The molecule has 0 saturated carbocycles. The molecule has 2 aromatic rings. The Morgan fingerprint density at radius 3 is 2.52 bits per heavy atom. The van der Waals surface area contributed by atoms with Crippen LogP contribution >= 0.6 is 0 Å². The van der Waals surface area contributed by atoms with Crippen LogP contribution in [-0.2, 0) is 11.3 Å². The van der Waals surface area contributed by atoms with Crippen molar-refractivity contribution in [3.8, 4) is 5.75 Å². The third-order valence-corrected chi connectivity index (χ3v) is 3.40. The van der Waals surface area contributed by atoms with Crippen LogP contribution in [0.15, 0.2) is 48.5 Å². The minimum atomic E-state index is -0.540. The Hall–Kier alpha value is -2.93. The summed E-state index contributed by atoms with van der Waals surface area (Å²) in [5.74, 6) is -0.503. The lowest BCUT2D eigenvalue weighted by Crippen LogP contribution is -2.20.